The maximum Gasteiger partial charge on any atom is 0.262 e. The van der Waals surface area contributed by atoms with Crippen LogP contribution in [0.4, 0.5) is 5.69 Å². The summed E-state index contributed by atoms with van der Waals surface area (Å²) in [4.78, 5) is 12.1. The van der Waals surface area contributed by atoms with E-state index < -0.39 is 6.04 Å². The van der Waals surface area contributed by atoms with Crippen LogP contribution in [0.3, 0.4) is 0 Å². The van der Waals surface area contributed by atoms with Crippen LogP contribution in [0.5, 0.6) is 11.5 Å². The van der Waals surface area contributed by atoms with E-state index in [0.29, 0.717) is 17.9 Å². The van der Waals surface area contributed by atoms with Gasteiger partial charge in [-0.1, -0.05) is 12.1 Å². The van der Waals surface area contributed by atoms with Gasteiger partial charge in [-0.3, -0.25) is 4.79 Å². The average Bonchev–Trinajstić information content (AvgIpc) is 2.57. The van der Waals surface area contributed by atoms with Gasteiger partial charge in [-0.25, -0.2) is 5.43 Å². The monoisotopic (exact) mass is 341 g/mol. The summed E-state index contributed by atoms with van der Waals surface area (Å²) in [6.07, 6.45) is 1.47. The standard InChI is InChI=1S/C19H23N3O3/c1-4-25-18-9-8-15(11-17(18)23)12-20-22-19(24)14(3)21-16-7-5-6-13(2)10-16/h5-12,14,21,23H,4H2,1-3H3,(H,22,24). The van der Waals surface area contributed by atoms with E-state index in [1.54, 1.807) is 19.1 Å². The zero-order valence-electron chi connectivity index (χ0n) is 14.6. The van der Waals surface area contributed by atoms with Crippen molar-refractivity contribution in [1.82, 2.24) is 5.43 Å². The number of carbonyl (C=O) groups is 1. The lowest BCUT2D eigenvalue weighted by Gasteiger charge is -2.13. The molecule has 6 heteroatoms. The van der Waals surface area contributed by atoms with E-state index in [1.807, 2.05) is 38.1 Å². The van der Waals surface area contributed by atoms with Gasteiger partial charge in [-0.2, -0.15) is 5.10 Å². The molecule has 0 saturated carbocycles. The van der Waals surface area contributed by atoms with Crippen molar-refractivity contribution >= 4 is 17.8 Å². The number of hydrogen-bond acceptors (Lipinski definition) is 5. The molecule has 0 spiro atoms. The van der Waals surface area contributed by atoms with Crippen LogP contribution in [-0.2, 0) is 4.79 Å². The summed E-state index contributed by atoms with van der Waals surface area (Å²) in [5.41, 5.74) is 5.13. The fourth-order valence-electron chi connectivity index (χ4n) is 2.21. The summed E-state index contributed by atoms with van der Waals surface area (Å²) < 4.78 is 5.26. The highest BCUT2D eigenvalue weighted by Crippen LogP contribution is 2.26. The highest BCUT2D eigenvalue weighted by Gasteiger charge is 2.11. The second kappa shape index (κ2) is 8.73. The molecule has 2 rings (SSSR count). The third-order valence-electron chi connectivity index (χ3n) is 3.47. The Balaban J connectivity index is 1.90. The highest BCUT2D eigenvalue weighted by atomic mass is 16.5. The first-order valence-electron chi connectivity index (χ1n) is 8.11. The number of rotatable bonds is 7. The van der Waals surface area contributed by atoms with Gasteiger partial charge in [0, 0.05) is 5.69 Å². The maximum absolute atomic E-state index is 12.1. The number of carbonyl (C=O) groups excluding carboxylic acids is 1. The molecule has 1 amide bonds. The Morgan fingerprint density at radius 3 is 2.80 bits per heavy atom. The van der Waals surface area contributed by atoms with Crippen molar-refractivity contribution in [2.75, 3.05) is 11.9 Å². The van der Waals surface area contributed by atoms with Crippen LogP contribution >= 0.6 is 0 Å². The maximum atomic E-state index is 12.1. The SMILES string of the molecule is CCOc1ccc(C=NNC(=O)C(C)Nc2cccc(C)c2)cc1O. The van der Waals surface area contributed by atoms with Gasteiger partial charge in [-0.05, 0) is 62.2 Å². The first-order chi connectivity index (χ1) is 12.0. The smallest absolute Gasteiger partial charge is 0.262 e. The molecular formula is C19H23N3O3. The lowest BCUT2D eigenvalue weighted by Crippen LogP contribution is -2.34. The largest absolute Gasteiger partial charge is 0.504 e. The number of aryl methyl sites for hydroxylation is 1. The van der Waals surface area contributed by atoms with Gasteiger partial charge >= 0.3 is 0 Å². The molecule has 132 valence electrons. The summed E-state index contributed by atoms with van der Waals surface area (Å²) in [6, 6.07) is 12.3. The highest BCUT2D eigenvalue weighted by molar-refractivity contribution is 5.86. The van der Waals surface area contributed by atoms with Gasteiger partial charge in [-0.15, -0.1) is 0 Å². The van der Waals surface area contributed by atoms with Crippen molar-refractivity contribution in [3.05, 3.63) is 53.6 Å². The van der Waals surface area contributed by atoms with E-state index in [4.69, 9.17) is 4.74 Å². The number of nitrogens with zero attached hydrogens (tertiary/aromatic N) is 1. The molecule has 6 nitrogen and oxygen atoms in total. The first kappa shape index (κ1) is 18.3. The van der Waals surface area contributed by atoms with E-state index in [2.05, 4.69) is 15.8 Å². The van der Waals surface area contributed by atoms with Crippen LogP contribution in [-0.4, -0.2) is 29.9 Å². The minimum absolute atomic E-state index is 0.0339. The summed E-state index contributed by atoms with van der Waals surface area (Å²) >= 11 is 0. The van der Waals surface area contributed by atoms with Crippen LogP contribution in [0, 0.1) is 6.92 Å². The lowest BCUT2D eigenvalue weighted by atomic mass is 10.2. The van der Waals surface area contributed by atoms with Crippen LogP contribution in [0.25, 0.3) is 0 Å². The Morgan fingerprint density at radius 1 is 1.32 bits per heavy atom. The quantitative estimate of drug-likeness (QED) is 0.534. The predicted octanol–water partition coefficient (Wildman–Crippen LogP) is 3.05. The van der Waals surface area contributed by atoms with Crippen molar-refractivity contribution in [3.8, 4) is 11.5 Å². The fraction of sp³-hybridized carbons (Fsp3) is 0.263. The van der Waals surface area contributed by atoms with E-state index >= 15 is 0 Å². The van der Waals surface area contributed by atoms with E-state index in [1.165, 1.54) is 12.3 Å². The third kappa shape index (κ3) is 5.53. The molecule has 0 bridgehead atoms. The molecule has 2 aromatic rings. The van der Waals surface area contributed by atoms with Crippen molar-refractivity contribution in [2.24, 2.45) is 5.10 Å². The van der Waals surface area contributed by atoms with E-state index in [-0.39, 0.29) is 11.7 Å². The molecule has 25 heavy (non-hydrogen) atoms. The zero-order valence-corrected chi connectivity index (χ0v) is 14.6. The average molecular weight is 341 g/mol. The molecule has 0 aliphatic heterocycles. The summed E-state index contributed by atoms with van der Waals surface area (Å²) in [5.74, 6) is 0.194. The number of phenolic OH excluding ortho intramolecular Hbond substituents is 1. The zero-order chi connectivity index (χ0) is 18.2. The van der Waals surface area contributed by atoms with Crippen molar-refractivity contribution in [1.29, 1.82) is 0 Å². The number of amides is 1. The Bertz CT molecular complexity index is 759. The van der Waals surface area contributed by atoms with Crippen molar-refractivity contribution in [3.63, 3.8) is 0 Å². The Hall–Kier alpha value is -3.02. The number of nitrogens with one attached hydrogen (secondary N) is 2. The molecule has 0 aliphatic rings. The van der Waals surface area contributed by atoms with Gasteiger partial charge in [0.1, 0.15) is 6.04 Å². The molecule has 0 aromatic heterocycles. The number of hydrogen-bond donors (Lipinski definition) is 3. The third-order valence-corrected chi connectivity index (χ3v) is 3.47. The number of anilines is 1. The number of hydrazone groups is 1. The van der Waals surface area contributed by atoms with E-state index in [0.717, 1.165) is 11.3 Å². The molecule has 3 N–H and O–H groups in total. The second-order valence-corrected chi connectivity index (χ2v) is 5.63. The minimum atomic E-state index is -0.437. The number of phenols is 1. The lowest BCUT2D eigenvalue weighted by molar-refractivity contribution is -0.121. The normalized spacial score (nSPS) is 12.0. The molecule has 0 fully saturated rings. The van der Waals surface area contributed by atoms with Crippen LogP contribution in [0.15, 0.2) is 47.6 Å². The summed E-state index contributed by atoms with van der Waals surface area (Å²) in [7, 11) is 0. The van der Waals surface area contributed by atoms with Gasteiger partial charge < -0.3 is 15.2 Å². The minimum Gasteiger partial charge on any atom is -0.504 e. The molecule has 0 radical (unpaired) electrons. The molecule has 1 unspecified atom stereocenters. The topological polar surface area (TPSA) is 83.0 Å². The molecule has 1 atom stereocenters. The first-order valence-corrected chi connectivity index (χ1v) is 8.11. The summed E-state index contributed by atoms with van der Waals surface area (Å²) in [6.45, 7) is 6.07. The van der Waals surface area contributed by atoms with E-state index in [9.17, 15) is 9.90 Å². The van der Waals surface area contributed by atoms with Crippen LogP contribution in [0.1, 0.15) is 25.0 Å². The van der Waals surface area contributed by atoms with Crippen molar-refractivity contribution in [2.45, 2.75) is 26.8 Å². The second-order valence-electron chi connectivity index (χ2n) is 5.63. The Labute approximate surface area is 147 Å². The molecule has 2 aromatic carbocycles. The number of ether oxygens (including phenoxy) is 1. The predicted molar refractivity (Wildman–Crippen MR) is 99.3 cm³/mol. The van der Waals surface area contributed by atoms with Gasteiger partial charge in [0.05, 0.1) is 12.8 Å². The number of aromatic hydroxyl groups is 1. The fourth-order valence-corrected chi connectivity index (χ4v) is 2.21. The molecule has 0 saturated heterocycles. The molecule has 0 heterocycles. The number of benzene rings is 2. The van der Waals surface area contributed by atoms with Gasteiger partial charge in [0.15, 0.2) is 11.5 Å². The van der Waals surface area contributed by atoms with Crippen LogP contribution in [0.2, 0.25) is 0 Å². The Morgan fingerprint density at radius 2 is 2.12 bits per heavy atom. The van der Waals surface area contributed by atoms with Gasteiger partial charge in [0.2, 0.25) is 0 Å². The van der Waals surface area contributed by atoms with Crippen LogP contribution < -0.4 is 15.5 Å². The Kier molecular flexibility index (Phi) is 6.39. The molecule has 0 aliphatic carbocycles. The summed E-state index contributed by atoms with van der Waals surface area (Å²) in [5, 5.41) is 16.9. The van der Waals surface area contributed by atoms with Gasteiger partial charge in [0.25, 0.3) is 5.91 Å². The molecular weight excluding hydrogens is 318 g/mol. The van der Waals surface area contributed by atoms with Crippen molar-refractivity contribution < 1.29 is 14.6 Å².